The van der Waals surface area contributed by atoms with E-state index in [0.717, 1.165) is 0 Å². The normalized spacial score (nSPS) is 11.7. The van der Waals surface area contributed by atoms with Crippen LogP contribution in [0.2, 0.25) is 20.1 Å². The molecule has 2 aromatic carbocycles. The summed E-state index contributed by atoms with van der Waals surface area (Å²) in [5, 5.41) is 3.57. The Morgan fingerprint density at radius 2 is 1.54 bits per heavy atom. The van der Waals surface area contributed by atoms with E-state index in [4.69, 9.17) is 51.1 Å². The van der Waals surface area contributed by atoms with Crippen LogP contribution in [0.5, 0.6) is 0 Å². The van der Waals surface area contributed by atoms with E-state index in [-0.39, 0.29) is 15.6 Å². The van der Waals surface area contributed by atoms with Crippen molar-refractivity contribution < 1.29 is 14.3 Å². The summed E-state index contributed by atoms with van der Waals surface area (Å²) in [6.45, 7) is 1.42. The van der Waals surface area contributed by atoms with Crippen molar-refractivity contribution in [2.45, 2.75) is 13.0 Å². The van der Waals surface area contributed by atoms with Crippen LogP contribution in [-0.4, -0.2) is 18.0 Å². The third-order valence-electron chi connectivity index (χ3n) is 2.95. The smallest absolute Gasteiger partial charge is 0.341 e. The second-order valence-electron chi connectivity index (χ2n) is 4.79. The zero-order valence-corrected chi connectivity index (χ0v) is 15.3. The summed E-state index contributed by atoms with van der Waals surface area (Å²) in [5.74, 6) is -1.35. The Bertz CT molecular complexity index is 754. The van der Waals surface area contributed by atoms with Crippen molar-refractivity contribution in [2.75, 3.05) is 5.32 Å². The largest absolute Gasteiger partial charge is 0.449 e. The Labute approximate surface area is 158 Å². The minimum atomic E-state index is -1.08. The highest BCUT2D eigenvalue weighted by Crippen LogP contribution is 2.26. The van der Waals surface area contributed by atoms with Crippen molar-refractivity contribution >= 4 is 64.0 Å². The molecular formula is C16H11Cl4NO3. The second-order valence-corrected chi connectivity index (χ2v) is 6.48. The molecule has 0 aromatic heterocycles. The van der Waals surface area contributed by atoms with Gasteiger partial charge in [-0.2, -0.15) is 0 Å². The lowest BCUT2D eigenvalue weighted by molar-refractivity contribution is -0.123. The van der Waals surface area contributed by atoms with Crippen molar-refractivity contribution in [3.8, 4) is 0 Å². The van der Waals surface area contributed by atoms with Crippen LogP contribution in [0.3, 0.4) is 0 Å². The molecule has 0 fully saturated rings. The van der Waals surface area contributed by atoms with Crippen molar-refractivity contribution in [3.63, 3.8) is 0 Å². The molecule has 126 valence electrons. The van der Waals surface area contributed by atoms with Crippen molar-refractivity contribution in [2.24, 2.45) is 0 Å². The van der Waals surface area contributed by atoms with Gasteiger partial charge in [-0.25, -0.2) is 4.79 Å². The number of carbonyl (C=O) groups is 2. The summed E-state index contributed by atoms with van der Waals surface area (Å²) in [7, 11) is 0. The molecule has 2 aromatic rings. The second kappa shape index (κ2) is 8.08. The van der Waals surface area contributed by atoms with Gasteiger partial charge in [-0.3, -0.25) is 4.79 Å². The van der Waals surface area contributed by atoms with Gasteiger partial charge in [-0.15, -0.1) is 0 Å². The number of hydrogen-bond acceptors (Lipinski definition) is 3. The van der Waals surface area contributed by atoms with E-state index >= 15 is 0 Å². The summed E-state index contributed by atoms with van der Waals surface area (Å²) < 4.78 is 5.11. The Kier molecular flexibility index (Phi) is 6.35. The van der Waals surface area contributed by atoms with Crippen LogP contribution in [0.25, 0.3) is 0 Å². The Hall–Kier alpha value is -1.46. The average Bonchev–Trinajstić information content (AvgIpc) is 2.45. The van der Waals surface area contributed by atoms with Crippen LogP contribution in [-0.2, 0) is 9.53 Å². The number of carbonyl (C=O) groups excluding carboxylic acids is 2. The zero-order chi connectivity index (χ0) is 17.9. The van der Waals surface area contributed by atoms with Gasteiger partial charge in [0.2, 0.25) is 0 Å². The fourth-order valence-electron chi connectivity index (χ4n) is 1.84. The van der Waals surface area contributed by atoms with Crippen LogP contribution in [0.4, 0.5) is 5.69 Å². The fourth-order valence-corrected chi connectivity index (χ4v) is 2.91. The van der Waals surface area contributed by atoms with Gasteiger partial charge in [0.1, 0.15) is 0 Å². The quantitative estimate of drug-likeness (QED) is 0.683. The maximum Gasteiger partial charge on any atom is 0.341 e. The standard InChI is InChI=1S/C16H11Cl4NO3/c1-8(15(22)21-11-6-9(17)5-10(18)7-11)24-16(23)14-12(19)3-2-4-13(14)20/h2-8H,1H3,(H,21,22)/t8-/m1/s1. The number of anilines is 1. The van der Waals surface area contributed by atoms with Crippen molar-refractivity contribution in [1.82, 2.24) is 0 Å². The molecule has 0 aliphatic carbocycles. The van der Waals surface area contributed by atoms with Crippen LogP contribution in [0, 0.1) is 0 Å². The molecule has 8 heteroatoms. The van der Waals surface area contributed by atoms with Gasteiger partial charge < -0.3 is 10.1 Å². The molecule has 4 nitrogen and oxygen atoms in total. The van der Waals surface area contributed by atoms with E-state index in [1.165, 1.54) is 37.3 Å². The first kappa shape index (κ1) is 18.9. The van der Waals surface area contributed by atoms with Crippen LogP contribution < -0.4 is 5.32 Å². The van der Waals surface area contributed by atoms with Crippen LogP contribution in [0.15, 0.2) is 36.4 Å². The summed E-state index contributed by atoms with van der Waals surface area (Å²) in [4.78, 5) is 24.3. The van der Waals surface area contributed by atoms with Gasteiger partial charge in [0.25, 0.3) is 5.91 Å². The number of halogens is 4. The minimum Gasteiger partial charge on any atom is -0.449 e. The molecule has 0 radical (unpaired) electrons. The lowest BCUT2D eigenvalue weighted by Crippen LogP contribution is -2.30. The third-order valence-corrected chi connectivity index (χ3v) is 4.02. The Morgan fingerprint density at radius 3 is 2.08 bits per heavy atom. The van der Waals surface area contributed by atoms with E-state index in [1.54, 1.807) is 6.07 Å². The average molecular weight is 407 g/mol. The van der Waals surface area contributed by atoms with Crippen LogP contribution >= 0.6 is 46.4 Å². The monoisotopic (exact) mass is 405 g/mol. The first-order valence-corrected chi connectivity index (χ1v) is 8.21. The first-order chi connectivity index (χ1) is 11.3. The molecule has 0 aliphatic rings. The summed E-state index contributed by atoms with van der Waals surface area (Å²) in [6, 6.07) is 9.17. The molecule has 0 heterocycles. The summed E-state index contributed by atoms with van der Waals surface area (Å²) in [5.41, 5.74) is 0.391. The molecule has 1 atom stereocenters. The van der Waals surface area contributed by atoms with E-state index in [0.29, 0.717) is 15.7 Å². The molecule has 0 aliphatic heterocycles. The SMILES string of the molecule is C[C@@H](OC(=O)c1c(Cl)cccc1Cl)C(=O)Nc1cc(Cl)cc(Cl)c1. The highest BCUT2D eigenvalue weighted by Gasteiger charge is 2.22. The van der Waals surface area contributed by atoms with Crippen LogP contribution in [0.1, 0.15) is 17.3 Å². The molecule has 2 rings (SSSR count). The van der Waals surface area contributed by atoms with Crippen molar-refractivity contribution in [3.05, 3.63) is 62.1 Å². The number of amides is 1. The van der Waals surface area contributed by atoms with Crippen molar-refractivity contribution in [1.29, 1.82) is 0 Å². The summed E-state index contributed by atoms with van der Waals surface area (Å²) >= 11 is 23.6. The highest BCUT2D eigenvalue weighted by atomic mass is 35.5. The number of esters is 1. The molecule has 0 bridgehead atoms. The summed E-state index contributed by atoms with van der Waals surface area (Å²) in [6.07, 6.45) is -1.08. The van der Waals surface area contributed by atoms with E-state index in [1.807, 2.05) is 0 Å². The molecule has 0 saturated carbocycles. The van der Waals surface area contributed by atoms with Gasteiger partial charge >= 0.3 is 5.97 Å². The number of nitrogens with one attached hydrogen (secondary N) is 1. The molecular weight excluding hydrogens is 396 g/mol. The maximum absolute atomic E-state index is 12.1. The first-order valence-electron chi connectivity index (χ1n) is 6.70. The van der Waals surface area contributed by atoms with Gasteiger partial charge in [0.15, 0.2) is 6.10 Å². The highest BCUT2D eigenvalue weighted by molar-refractivity contribution is 6.39. The van der Waals surface area contributed by atoms with E-state index in [2.05, 4.69) is 5.32 Å². The Morgan fingerprint density at radius 1 is 1.00 bits per heavy atom. The van der Waals surface area contributed by atoms with Gasteiger partial charge in [-0.05, 0) is 37.3 Å². The molecule has 0 saturated heterocycles. The number of hydrogen-bond donors (Lipinski definition) is 1. The molecule has 0 spiro atoms. The lowest BCUT2D eigenvalue weighted by atomic mass is 10.2. The topological polar surface area (TPSA) is 55.4 Å². The van der Waals surface area contributed by atoms with Gasteiger partial charge in [-0.1, -0.05) is 52.5 Å². The number of rotatable bonds is 4. The predicted molar refractivity (Wildman–Crippen MR) is 96.4 cm³/mol. The maximum atomic E-state index is 12.1. The molecule has 0 unspecified atom stereocenters. The Balaban J connectivity index is 2.07. The number of benzene rings is 2. The molecule has 1 N–H and O–H groups in total. The number of ether oxygens (including phenoxy) is 1. The third kappa shape index (κ3) is 4.77. The van der Waals surface area contributed by atoms with Gasteiger partial charge in [0.05, 0.1) is 15.6 Å². The molecule has 1 amide bonds. The van der Waals surface area contributed by atoms with E-state index in [9.17, 15) is 9.59 Å². The minimum absolute atomic E-state index is 0.00582. The zero-order valence-electron chi connectivity index (χ0n) is 12.3. The van der Waals surface area contributed by atoms with Gasteiger partial charge in [0, 0.05) is 15.7 Å². The molecule has 24 heavy (non-hydrogen) atoms. The fraction of sp³-hybridized carbons (Fsp3) is 0.125. The predicted octanol–water partition coefficient (Wildman–Crippen LogP) is 5.48. The lowest BCUT2D eigenvalue weighted by Gasteiger charge is -2.15. The van der Waals surface area contributed by atoms with E-state index < -0.39 is 18.0 Å².